The van der Waals surface area contributed by atoms with Crippen LogP contribution >= 0.6 is 0 Å². The maximum atomic E-state index is 12.7. The van der Waals surface area contributed by atoms with Crippen molar-refractivity contribution in [2.45, 2.75) is 57.9 Å². The highest BCUT2D eigenvalue weighted by Gasteiger charge is 2.50. The second-order valence-electron chi connectivity index (χ2n) is 8.14. The summed E-state index contributed by atoms with van der Waals surface area (Å²) in [6.45, 7) is 6.43. The summed E-state index contributed by atoms with van der Waals surface area (Å²) in [6.07, 6.45) is 3.24. The Labute approximate surface area is 160 Å². The topological polar surface area (TPSA) is 78.5 Å². The van der Waals surface area contributed by atoms with Gasteiger partial charge in [0.1, 0.15) is 0 Å². The molecule has 0 bridgehead atoms. The van der Waals surface area contributed by atoms with Gasteiger partial charge in [-0.3, -0.25) is 14.4 Å². The van der Waals surface area contributed by atoms with E-state index < -0.39 is 5.54 Å². The van der Waals surface area contributed by atoms with Crippen LogP contribution in [0.2, 0.25) is 0 Å². The lowest BCUT2D eigenvalue weighted by Gasteiger charge is -2.35. The van der Waals surface area contributed by atoms with E-state index in [-0.39, 0.29) is 29.6 Å². The van der Waals surface area contributed by atoms with Gasteiger partial charge in [0.25, 0.3) is 0 Å². The molecule has 0 aliphatic carbocycles. The third-order valence-electron chi connectivity index (χ3n) is 5.62. The van der Waals surface area contributed by atoms with Gasteiger partial charge in [-0.1, -0.05) is 32.4 Å². The number of rotatable bonds is 3. The Morgan fingerprint density at radius 3 is 2.78 bits per heavy atom. The lowest BCUT2D eigenvalue weighted by atomic mass is 9.79. The van der Waals surface area contributed by atoms with Crippen LogP contribution in [-0.4, -0.2) is 41.2 Å². The molecule has 2 aliphatic heterocycles. The minimum Gasteiger partial charge on any atom is -0.348 e. The normalized spacial score (nSPS) is 25.4. The van der Waals surface area contributed by atoms with E-state index in [9.17, 15) is 14.4 Å². The number of hydrogen-bond donors (Lipinski definition) is 2. The van der Waals surface area contributed by atoms with Crippen LogP contribution in [0.4, 0.5) is 5.69 Å². The van der Waals surface area contributed by atoms with Crippen LogP contribution in [-0.2, 0) is 14.4 Å². The van der Waals surface area contributed by atoms with Crippen LogP contribution in [0.3, 0.4) is 0 Å². The summed E-state index contributed by atoms with van der Waals surface area (Å²) < 4.78 is 0. The maximum Gasteiger partial charge on any atom is 0.225 e. The van der Waals surface area contributed by atoms with Gasteiger partial charge in [-0.25, -0.2) is 0 Å². The second-order valence-corrected chi connectivity index (χ2v) is 8.14. The highest BCUT2D eigenvalue weighted by Crippen LogP contribution is 2.41. The molecule has 2 saturated heterocycles. The van der Waals surface area contributed by atoms with E-state index in [1.54, 1.807) is 0 Å². The molecule has 0 saturated carbocycles. The quantitative estimate of drug-likeness (QED) is 0.857. The number of benzene rings is 1. The Kier molecular flexibility index (Phi) is 5.53. The van der Waals surface area contributed by atoms with Crippen molar-refractivity contribution in [3.05, 3.63) is 29.8 Å². The Hall–Kier alpha value is -2.37. The number of carbonyl (C=O) groups excluding carboxylic acids is 3. The SMILES string of the molecule is CC(=O)Nc1cccc([C@@H]2CN(C(=O)C(C)C)C[C@]23CCCCC(=O)N3)c1. The molecule has 0 radical (unpaired) electrons. The first kappa shape index (κ1) is 19.4. The smallest absolute Gasteiger partial charge is 0.225 e. The number of nitrogens with one attached hydrogen (secondary N) is 2. The first-order valence-corrected chi connectivity index (χ1v) is 9.78. The zero-order valence-electron chi connectivity index (χ0n) is 16.4. The van der Waals surface area contributed by atoms with Gasteiger partial charge in [-0.15, -0.1) is 0 Å². The summed E-state index contributed by atoms with van der Waals surface area (Å²) in [5, 5.41) is 6.09. The van der Waals surface area contributed by atoms with Crippen molar-refractivity contribution in [1.82, 2.24) is 10.2 Å². The van der Waals surface area contributed by atoms with Crippen molar-refractivity contribution in [2.24, 2.45) is 5.92 Å². The number of likely N-dealkylation sites (tertiary alicyclic amines) is 1. The summed E-state index contributed by atoms with van der Waals surface area (Å²) in [4.78, 5) is 38.4. The minimum atomic E-state index is -0.438. The van der Waals surface area contributed by atoms with E-state index in [1.165, 1.54) is 6.92 Å². The largest absolute Gasteiger partial charge is 0.348 e. The van der Waals surface area contributed by atoms with Crippen LogP contribution in [0.15, 0.2) is 24.3 Å². The molecule has 27 heavy (non-hydrogen) atoms. The molecule has 1 aromatic rings. The number of carbonyl (C=O) groups is 3. The summed E-state index contributed by atoms with van der Waals surface area (Å²) in [6, 6.07) is 7.77. The standard InChI is InChI=1S/C21H29N3O3/c1-14(2)20(27)24-12-18(16-7-6-8-17(11-16)22-15(3)25)21(13-24)10-5-4-9-19(26)23-21/h6-8,11,14,18H,4-5,9-10,12-13H2,1-3H3,(H,22,25)(H,23,26)/t18-,21+/m0/s1. The van der Waals surface area contributed by atoms with Crippen molar-refractivity contribution in [3.8, 4) is 0 Å². The fourth-order valence-electron chi connectivity index (χ4n) is 4.41. The summed E-state index contributed by atoms with van der Waals surface area (Å²) in [7, 11) is 0. The van der Waals surface area contributed by atoms with Gasteiger partial charge in [0.05, 0.1) is 5.54 Å². The highest BCUT2D eigenvalue weighted by atomic mass is 16.2. The molecule has 2 fully saturated rings. The van der Waals surface area contributed by atoms with E-state index in [4.69, 9.17) is 0 Å². The molecular weight excluding hydrogens is 342 g/mol. The molecule has 0 aromatic heterocycles. The molecule has 2 heterocycles. The van der Waals surface area contributed by atoms with Gasteiger partial charge < -0.3 is 15.5 Å². The first-order chi connectivity index (χ1) is 12.8. The lowest BCUT2D eigenvalue weighted by molar-refractivity contribution is -0.134. The van der Waals surface area contributed by atoms with E-state index in [0.717, 1.165) is 30.5 Å². The molecule has 2 atom stereocenters. The van der Waals surface area contributed by atoms with Gasteiger partial charge in [0.2, 0.25) is 17.7 Å². The van der Waals surface area contributed by atoms with Gasteiger partial charge in [-0.05, 0) is 30.5 Å². The third kappa shape index (κ3) is 4.15. The van der Waals surface area contributed by atoms with E-state index in [1.807, 2.05) is 43.0 Å². The molecule has 146 valence electrons. The molecule has 2 N–H and O–H groups in total. The van der Waals surface area contributed by atoms with Crippen molar-refractivity contribution in [1.29, 1.82) is 0 Å². The number of amides is 3. The van der Waals surface area contributed by atoms with Gasteiger partial charge >= 0.3 is 0 Å². The van der Waals surface area contributed by atoms with Gasteiger partial charge in [0.15, 0.2) is 0 Å². The fraction of sp³-hybridized carbons (Fsp3) is 0.571. The fourth-order valence-corrected chi connectivity index (χ4v) is 4.41. The predicted octanol–water partition coefficient (Wildman–Crippen LogP) is 2.66. The van der Waals surface area contributed by atoms with Crippen LogP contribution < -0.4 is 10.6 Å². The molecule has 1 spiro atoms. The average Bonchev–Trinajstić information content (AvgIpc) is 2.85. The summed E-state index contributed by atoms with van der Waals surface area (Å²) in [5.41, 5.74) is 1.35. The highest BCUT2D eigenvalue weighted by molar-refractivity contribution is 5.88. The first-order valence-electron chi connectivity index (χ1n) is 9.78. The molecule has 2 aliphatic rings. The van der Waals surface area contributed by atoms with Crippen molar-refractivity contribution in [2.75, 3.05) is 18.4 Å². The zero-order valence-corrected chi connectivity index (χ0v) is 16.4. The number of anilines is 1. The molecule has 6 nitrogen and oxygen atoms in total. The second kappa shape index (κ2) is 7.71. The summed E-state index contributed by atoms with van der Waals surface area (Å²) >= 11 is 0. The van der Waals surface area contributed by atoms with E-state index in [2.05, 4.69) is 10.6 Å². The lowest BCUT2D eigenvalue weighted by Crippen LogP contribution is -2.53. The zero-order chi connectivity index (χ0) is 19.6. The molecule has 3 rings (SSSR count). The Bertz CT molecular complexity index is 746. The molecule has 1 aromatic carbocycles. The molecule has 6 heteroatoms. The molecule has 3 amide bonds. The summed E-state index contributed by atoms with van der Waals surface area (Å²) in [5.74, 6) is -0.000587. The number of nitrogens with zero attached hydrogens (tertiary/aromatic N) is 1. The van der Waals surface area contributed by atoms with E-state index >= 15 is 0 Å². The van der Waals surface area contributed by atoms with Crippen molar-refractivity contribution >= 4 is 23.4 Å². The Morgan fingerprint density at radius 1 is 1.30 bits per heavy atom. The average molecular weight is 371 g/mol. The van der Waals surface area contributed by atoms with Crippen LogP contribution in [0.1, 0.15) is 57.9 Å². The molecular formula is C21H29N3O3. The van der Waals surface area contributed by atoms with Crippen LogP contribution in [0, 0.1) is 5.92 Å². The van der Waals surface area contributed by atoms with Gasteiger partial charge in [-0.2, -0.15) is 0 Å². The predicted molar refractivity (Wildman–Crippen MR) is 104 cm³/mol. The van der Waals surface area contributed by atoms with Crippen molar-refractivity contribution in [3.63, 3.8) is 0 Å². The molecule has 0 unspecified atom stereocenters. The van der Waals surface area contributed by atoms with Crippen molar-refractivity contribution < 1.29 is 14.4 Å². The maximum absolute atomic E-state index is 12.7. The third-order valence-corrected chi connectivity index (χ3v) is 5.62. The number of hydrogen-bond acceptors (Lipinski definition) is 3. The van der Waals surface area contributed by atoms with Crippen LogP contribution in [0.25, 0.3) is 0 Å². The Morgan fingerprint density at radius 2 is 2.07 bits per heavy atom. The van der Waals surface area contributed by atoms with Gasteiger partial charge in [0, 0.05) is 44.0 Å². The Balaban J connectivity index is 1.97. The minimum absolute atomic E-state index is 0.0101. The van der Waals surface area contributed by atoms with E-state index in [0.29, 0.717) is 19.5 Å². The monoisotopic (exact) mass is 371 g/mol. The van der Waals surface area contributed by atoms with Crippen LogP contribution in [0.5, 0.6) is 0 Å².